The molecule has 3 rings (SSSR count). The lowest BCUT2D eigenvalue weighted by Gasteiger charge is -2.21. The topological polar surface area (TPSA) is 36.1 Å². The molecule has 144 valence electrons. The highest BCUT2D eigenvalue weighted by molar-refractivity contribution is 6.30. The van der Waals surface area contributed by atoms with Crippen molar-refractivity contribution < 1.29 is 4.79 Å². The van der Waals surface area contributed by atoms with E-state index in [9.17, 15) is 4.79 Å². The van der Waals surface area contributed by atoms with Crippen LogP contribution in [0.15, 0.2) is 54.7 Å². The molecule has 0 atom stereocenters. The summed E-state index contributed by atoms with van der Waals surface area (Å²) in [6.07, 6.45) is 5.54. The summed E-state index contributed by atoms with van der Waals surface area (Å²) in [5.74, 6) is 0.170. The van der Waals surface area contributed by atoms with Gasteiger partial charge in [-0.05, 0) is 62.1 Å². The minimum Gasteiger partial charge on any atom is -0.361 e. The number of aromatic nitrogens is 1. The van der Waals surface area contributed by atoms with Gasteiger partial charge in [0.2, 0.25) is 5.91 Å². The number of aromatic amines is 1. The van der Waals surface area contributed by atoms with Crippen LogP contribution in [0.3, 0.4) is 0 Å². The number of hydrogen-bond donors (Lipinski definition) is 1. The third kappa shape index (κ3) is 5.61. The third-order valence-corrected chi connectivity index (χ3v) is 4.77. The first-order chi connectivity index (χ1) is 13.2. The van der Waals surface area contributed by atoms with Gasteiger partial charge in [0.15, 0.2) is 0 Å². The summed E-state index contributed by atoms with van der Waals surface area (Å²) in [5, 5.41) is 1.97. The average molecular weight is 385 g/mol. The Labute approximate surface area is 167 Å². The van der Waals surface area contributed by atoms with Gasteiger partial charge >= 0.3 is 0 Å². The first kappa shape index (κ1) is 21.0. The van der Waals surface area contributed by atoms with Crippen molar-refractivity contribution in [3.05, 3.63) is 65.3 Å². The smallest absolute Gasteiger partial charge is 0.226 e. The normalized spacial score (nSPS) is 10.4. The van der Waals surface area contributed by atoms with Crippen molar-refractivity contribution in [2.24, 2.45) is 0 Å². The second-order valence-electron chi connectivity index (χ2n) is 6.18. The Morgan fingerprint density at radius 1 is 1.04 bits per heavy atom. The van der Waals surface area contributed by atoms with Crippen molar-refractivity contribution in [3.8, 4) is 0 Å². The number of nitrogens with zero attached hydrogens (tertiary/aromatic N) is 1. The largest absolute Gasteiger partial charge is 0.361 e. The number of nitrogens with one attached hydrogen (secondary N) is 1. The minimum atomic E-state index is 0.170. The number of para-hydroxylation sites is 1. The van der Waals surface area contributed by atoms with Crippen LogP contribution in [-0.4, -0.2) is 17.4 Å². The van der Waals surface area contributed by atoms with Crippen molar-refractivity contribution in [2.75, 3.05) is 11.4 Å². The highest BCUT2D eigenvalue weighted by Gasteiger charge is 2.13. The first-order valence-corrected chi connectivity index (χ1v) is 10.2. The van der Waals surface area contributed by atoms with E-state index in [0.717, 1.165) is 24.9 Å². The summed E-state index contributed by atoms with van der Waals surface area (Å²) in [5.41, 5.74) is 3.41. The van der Waals surface area contributed by atoms with E-state index in [-0.39, 0.29) is 5.91 Å². The van der Waals surface area contributed by atoms with Crippen LogP contribution in [-0.2, 0) is 11.2 Å². The summed E-state index contributed by atoms with van der Waals surface area (Å²) in [4.78, 5) is 17.6. The van der Waals surface area contributed by atoms with E-state index in [1.165, 1.54) is 16.5 Å². The fourth-order valence-electron chi connectivity index (χ4n) is 3.19. The lowest BCUT2D eigenvalue weighted by Crippen LogP contribution is -2.30. The second kappa shape index (κ2) is 10.8. The van der Waals surface area contributed by atoms with Gasteiger partial charge in [0.05, 0.1) is 0 Å². The Morgan fingerprint density at radius 3 is 2.44 bits per heavy atom. The minimum absolute atomic E-state index is 0.170. The van der Waals surface area contributed by atoms with Crippen LogP contribution in [0.2, 0.25) is 5.02 Å². The molecule has 0 saturated heterocycles. The lowest BCUT2D eigenvalue weighted by molar-refractivity contribution is -0.118. The molecule has 0 aliphatic rings. The molecule has 0 fully saturated rings. The molecule has 0 radical (unpaired) electrons. The molecule has 1 heterocycles. The lowest BCUT2D eigenvalue weighted by atomic mass is 10.1. The summed E-state index contributed by atoms with van der Waals surface area (Å²) < 4.78 is 0. The number of halogens is 1. The highest BCUT2D eigenvalue weighted by atomic mass is 35.5. The maximum absolute atomic E-state index is 12.5. The SMILES string of the molecule is CC.CCN(C(=O)CCCCc1c[nH]c2ccccc12)c1ccc(Cl)cc1. The summed E-state index contributed by atoms with van der Waals surface area (Å²) in [6, 6.07) is 15.8. The maximum Gasteiger partial charge on any atom is 0.226 e. The van der Waals surface area contributed by atoms with Gasteiger partial charge in [-0.2, -0.15) is 0 Å². The average Bonchev–Trinajstić information content (AvgIpc) is 3.12. The molecule has 3 aromatic rings. The van der Waals surface area contributed by atoms with Crippen LogP contribution in [0.25, 0.3) is 10.9 Å². The van der Waals surface area contributed by atoms with Crippen molar-refractivity contribution in [1.29, 1.82) is 0 Å². The Morgan fingerprint density at radius 2 is 1.74 bits per heavy atom. The summed E-state index contributed by atoms with van der Waals surface area (Å²) >= 11 is 5.93. The molecular weight excluding hydrogens is 356 g/mol. The number of H-pyrrole nitrogens is 1. The van der Waals surface area contributed by atoms with E-state index < -0.39 is 0 Å². The molecule has 0 aliphatic heterocycles. The number of carbonyl (C=O) groups is 1. The zero-order valence-corrected chi connectivity index (χ0v) is 17.2. The molecule has 2 aromatic carbocycles. The number of amides is 1. The first-order valence-electron chi connectivity index (χ1n) is 9.80. The van der Waals surface area contributed by atoms with Crippen molar-refractivity contribution in [1.82, 2.24) is 4.98 Å². The van der Waals surface area contributed by atoms with Gasteiger partial charge in [-0.3, -0.25) is 4.79 Å². The third-order valence-electron chi connectivity index (χ3n) is 4.52. The molecule has 0 saturated carbocycles. The number of carbonyl (C=O) groups excluding carboxylic acids is 1. The molecule has 0 unspecified atom stereocenters. The number of fused-ring (bicyclic) bond motifs is 1. The standard InChI is InChI=1S/C21H23ClN2O.C2H6/c1-2-24(18-13-11-17(22)12-14-18)21(25)10-6-3-7-16-15-23-20-9-5-4-8-19(16)20;1-2/h4-5,8-9,11-15,23H,2-3,6-7,10H2,1H3;1-2H3. The summed E-state index contributed by atoms with van der Waals surface area (Å²) in [7, 11) is 0. The van der Waals surface area contributed by atoms with Crippen LogP contribution in [0.1, 0.15) is 45.6 Å². The number of rotatable bonds is 7. The quantitative estimate of drug-likeness (QED) is 0.457. The van der Waals surface area contributed by atoms with Gasteiger partial charge in [0, 0.05) is 40.8 Å². The van der Waals surface area contributed by atoms with Crippen molar-refractivity contribution in [3.63, 3.8) is 0 Å². The van der Waals surface area contributed by atoms with Gasteiger partial charge < -0.3 is 9.88 Å². The van der Waals surface area contributed by atoms with Gasteiger partial charge in [-0.15, -0.1) is 0 Å². The molecule has 1 amide bonds. The number of unbranched alkanes of at least 4 members (excludes halogenated alkanes) is 1. The van der Waals surface area contributed by atoms with Gasteiger partial charge in [-0.25, -0.2) is 0 Å². The van der Waals surface area contributed by atoms with E-state index in [0.29, 0.717) is 18.0 Å². The van der Waals surface area contributed by atoms with Crippen molar-refractivity contribution in [2.45, 2.75) is 46.5 Å². The Hall–Kier alpha value is -2.26. The molecule has 0 spiro atoms. The fraction of sp³-hybridized carbons (Fsp3) is 0.348. The Bertz CT molecular complexity index is 839. The van der Waals surface area contributed by atoms with E-state index in [1.807, 2.05) is 56.0 Å². The molecule has 3 nitrogen and oxygen atoms in total. The number of benzene rings is 2. The fourth-order valence-corrected chi connectivity index (χ4v) is 3.32. The summed E-state index contributed by atoms with van der Waals surface area (Å²) in [6.45, 7) is 6.67. The zero-order chi connectivity index (χ0) is 19.6. The van der Waals surface area contributed by atoms with Crippen LogP contribution in [0.5, 0.6) is 0 Å². The molecular formula is C23H29ClN2O. The van der Waals surface area contributed by atoms with Crippen molar-refractivity contribution >= 4 is 34.1 Å². The van der Waals surface area contributed by atoms with E-state index in [4.69, 9.17) is 11.6 Å². The second-order valence-corrected chi connectivity index (χ2v) is 6.62. The molecule has 1 aromatic heterocycles. The predicted octanol–water partition coefficient (Wildman–Crippen LogP) is 6.61. The Balaban J connectivity index is 0.00000126. The van der Waals surface area contributed by atoms with Crippen LogP contribution in [0, 0.1) is 0 Å². The number of hydrogen-bond acceptors (Lipinski definition) is 1. The van der Waals surface area contributed by atoms with Crippen LogP contribution >= 0.6 is 11.6 Å². The molecule has 0 bridgehead atoms. The van der Waals surface area contributed by atoms with Crippen LogP contribution < -0.4 is 4.90 Å². The predicted molar refractivity (Wildman–Crippen MR) is 117 cm³/mol. The van der Waals surface area contributed by atoms with E-state index in [2.05, 4.69) is 29.4 Å². The molecule has 0 aliphatic carbocycles. The van der Waals surface area contributed by atoms with E-state index >= 15 is 0 Å². The number of aryl methyl sites for hydroxylation is 1. The monoisotopic (exact) mass is 384 g/mol. The van der Waals surface area contributed by atoms with E-state index in [1.54, 1.807) is 0 Å². The van der Waals surface area contributed by atoms with Crippen LogP contribution in [0.4, 0.5) is 5.69 Å². The molecule has 1 N–H and O–H groups in total. The zero-order valence-electron chi connectivity index (χ0n) is 16.5. The van der Waals surface area contributed by atoms with Gasteiger partial charge in [-0.1, -0.05) is 43.6 Å². The number of anilines is 1. The maximum atomic E-state index is 12.5. The molecule has 4 heteroatoms. The van der Waals surface area contributed by atoms with Gasteiger partial charge in [0.25, 0.3) is 0 Å². The highest BCUT2D eigenvalue weighted by Crippen LogP contribution is 2.21. The van der Waals surface area contributed by atoms with Gasteiger partial charge in [0.1, 0.15) is 0 Å². The Kier molecular flexibility index (Phi) is 8.41. The molecule has 27 heavy (non-hydrogen) atoms.